The van der Waals surface area contributed by atoms with Crippen molar-refractivity contribution in [1.29, 1.82) is 0 Å². The fourth-order valence-corrected chi connectivity index (χ4v) is 2.81. The van der Waals surface area contributed by atoms with Gasteiger partial charge in [0.1, 0.15) is 0 Å². The first-order valence-corrected chi connectivity index (χ1v) is 5.94. The third-order valence-electron chi connectivity index (χ3n) is 2.75. The van der Waals surface area contributed by atoms with Crippen LogP contribution in [0, 0.1) is 0 Å². The van der Waals surface area contributed by atoms with E-state index in [1.54, 1.807) is 11.9 Å². The second-order valence-electron chi connectivity index (χ2n) is 4.91. The summed E-state index contributed by atoms with van der Waals surface area (Å²) < 4.78 is 8.32. The van der Waals surface area contributed by atoms with Crippen molar-refractivity contribution in [3.8, 4) is 0 Å². The summed E-state index contributed by atoms with van der Waals surface area (Å²) in [7, 11) is 2.14. The lowest BCUT2D eigenvalue weighted by molar-refractivity contribution is -0.0733. The molecule has 0 spiro atoms. The highest BCUT2D eigenvalue weighted by atomic mass is 32.2. The van der Waals surface area contributed by atoms with Gasteiger partial charge in [-0.25, -0.2) is 4.31 Å². The molecule has 0 N–H and O–H groups in total. The van der Waals surface area contributed by atoms with Gasteiger partial charge in [-0.2, -0.15) is 0 Å². The van der Waals surface area contributed by atoms with Crippen molar-refractivity contribution in [2.75, 3.05) is 13.3 Å². The Kier molecular flexibility index (Phi) is 3.01. The number of likely N-dealkylation sites (N-methyl/N-ethyl adjacent to an activating group) is 1. The molecule has 0 bridgehead atoms. The molecule has 1 atom stereocenters. The smallest absolute Gasteiger partial charge is 0.0798 e. The molecular formula is C10H21NOS. The summed E-state index contributed by atoms with van der Waals surface area (Å²) >= 11 is 1.78. The van der Waals surface area contributed by atoms with Crippen molar-refractivity contribution in [3.63, 3.8) is 0 Å². The van der Waals surface area contributed by atoms with Crippen LogP contribution in [-0.2, 0) is 4.74 Å². The predicted octanol–water partition coefficient (Wildman–Crippen LogP) is 2.54. The minimum absolute atomic E-state index is 0.0259. The van der Waals surface area contributed by atoms with E-state index in [1.165, 1.54) is 0 Å². The van der Waals surface area contributed by atoms with Crippen LogP contribution < -0.4 is 0 Å². The van der Waals surface area contributed by atoms with E-state index in [0.29, 0.717) is 6.04 Å². The molecule has 0 aromatic carbocycles. The molecule has 1 unspecified atom stereocenters. The lowest BCUT2D eigenvalue weighted by atomic mass is 9.95. The molecule has 0 aromatic heterocycles. The van der Waals surface area contributed by atoms with Gasteiger partial charge >= 0.3 is 0 Å². The van der Waals surface area contributed by atoms with Crippen molar-refractivity contribution >= 4 is 11.9 Å². The maximum atomic E-state index is 6.02. The fourth-order valence-electron chi connectivity index (χ4n) is 2.23. The molecule has 0 aliphatic carbocycles. The molecule has 0 radical (unpaired) electrons. The molecule has 0 saturated carbocycles. The molecular weight excluding hydrogens is 182 g/mol. The second-order valence-corrected chi connectivity index (χ2v) is 5.85. The Morgan fingerprint density at radius 2 is 1.85 bits per heavy atom. The maximum absolute atomic E-state index is 6.02. The average Bonchev–Trinajstić information content (AvgIpc) is 2.17. The van der Waals surface area contributed by atoms with Crippen LogP contribution in [0.25, 0.3) is 0 Å². The molecule has 1 rings (SSSR count). The largest absolute Gasteiger partial charge is 0.368 e. The highest BCUT2D eigenvalue weighted by Gasteiger charge is 2.47. The maximum Gasteiger partial charge on any atom is 0.0798 e. The summed E-state index contributed by atoms with van der Waals surface area (Å²) in [5, 5.41) is 0. The van der Waals surface area contributed by atoms with Crippen molar-refractivity contribution in [1.82, 2.24) is 4.31 Å². The normalized spacial score (nSPS) is 31.2. The van der Waals surface area contributed by atoms with E-state index in [2.05, 4.69) is 45.3 Å². The highest BCUT2D eigenvalue weighted by molar-refractivity contribution is 7.96. The molecule has 13 heavy (non-hydrogen) atoms. The number of nitrogens with zero attached hydrogens (tertiary/aromatic N) is 1. The Labute approximate surface area is 86.1 Å². The lowest BCUT2D eigenvalue weighted by Crippen LogP contribution is -2.41. The van der Waals surface area contributed by atoms with Crippen molar-refractivity contribution < 1.29 is 4.74 Å². The summed E-state index contributed by atoms with van der Waals surface area (Å²) in [6.07, 6.45) is 3.22. The van der Waals surface area contributed by atoms with E-state index < -0.39 is 0 Å². The van der Waals surface area contributed by atoms with Gasteiger partial charge in [0.15, 0.2) is 0 Å². The fraction of sp³-hybridized carbons (Fsp3) is 1.00. The zero-order valence-corrected chi connectivity index (χ0v) is 10.4. The van der Waals surface area contributed by atoms with Gasteiger partial charge in [-0.3, -0.25) is 0 Å². The molecule has 78 valence electrons. The first kappa shape index (κ1) is 11.3. The van der Waals surface area contributed by atoms with Crippen molar-refractivity contribution in [2.45, 2.75) is 51.4 Å². The number of ether oxygens (including phenoxy) is 1. The summed E-state index contributed by atoms with van der Waals surface area (Å²) in [6, 6.07) is 0.512. The van der Waals surface area contributed by atoms with Gasteiger partial charge < -0.3 is 4.74 Å². The Balaban J connectivity index is 2.76. The number of hydrogen-bond acceptors (Lipinski definition) is 3. The standard InChI is InChI=1S/C10H21NOS/c1-9(2)7-8(11(5)13-6)10(3,4)12-9/h8H,7H2,1-6H3. The lowest BCUT2D eigenvalue weighted by Gasteiger charge is -2.32. The van der Waals surface area contributed by atoms with Gasteiger partial charge in [-0.05, 0) is 47.4 Å². The van der Waals surface area contributed by atoms with Crippen LogP contribution in [0.15, 0.2) is 0 Å². The summed E-state index contributed by atoms with van der Waals surface area (Å²) in [4.78, 5) is 0. The quantitative estimate of drug-likeness (QED) is 0.640. The van der Waals surface area contributed by atoms with E-state index in [1.807, 2.05) is 0 Å². The van der Waals surface area contributed by atoms with E-state index >= 15 is 0 Å². The van der Waals surface area contributed by atoms with Crippen LogP contribution in [0.4, 0.5) is 0 Å². The van der Waals surface area contributed by atoms with Crippen LogP contribution >= 0.6 is 11.9 Å². The number of rotatable bonds is 2. The molecule has 2 nitrogen and oxygen atoms in total. The number of hydrogen-bond donors (Lipinski definition) is 0. The summed E-state index contributed by atoms with van der Waals surface area (Å²) in [6.45, 7) is 8.70. The molecule has 0 amide bonds. The topological polar surface area (TPSA) is 12.5 Å². The Morgan fingerprint density at radius 3 is 2.15 bits per heavy atom. The van der Waals surface area contributed by atoms with Gasteiger partial charge in [0.05, 0.1) is 17.2 Å². The molecule has 1 aliphatic rings. The van der Waals surface area contributed by atoms with Crippen LogP contribution in [0.3, 0.4) is 0 Å². The van der Waals surface area contributed by atoms with E-state index in [0.717, 1.165) is 6.42 Å². The molecule has 1 fully saturated rings. The highest BCUT2D eigenvalue weighted by Crippen LogP contribution is 2.40. The Bertz CT molecular complexity index is 191. The van der Waals surface area contributed by atoms with Crippen LogP contribution in [-0.4, -0.2) is 34.9 Å². The summed E-state index contributed by atoms with van der Waals surface area (Å²) in [5.41, 5.74) is -0.000579. The van der Waals surface area contributed by atoms with Crippen LogP contribution in [0.5, 0.6) is 0 Å². The first-order chi connectivity index (χ1) is 5.78. The van der Waals surface area contributed by atoms with E-state index in [4.69, 9.17) is 4.74 Å². The van der Waals surface area contributed by atoms with Crippen molar-refractivity contribution in [2.24, 2.45) is 0 Å². The zero-order valence-electron chi connectivity index (χ0n) is 9.55. The third kappa shape index (κ3) is 2.39. The third-order valence-corrected chi connectivity index (χ3v) is 3.58. The minimum Gasteiger partial charge on any atom is -0.368 e. The molecule has 1 saturated heterocycles. The van der Waals surface area contributed by atoms with Gasteiger partial charge in [-0.15, -0.1) is 0 Å². The molecule has 0 aromatic rings. The monoisotopic (exact) mass is 203 g/mol. The summed E-state index contributed by atoms with van der Waals surface area (Å²) in [5.74, 6) is 0. The minimum atomic E-state index is -0.0265. The van der Waals surface area contributed by atoms with Crippen molar-refractivity contribution in [3.05, 3.63) is 0 Å². The zero-order chi connectivity index (χ0) is 10.3. The molecule has 1 heterocycles. The van der Waals surface area contributed by atoms with E-state index in [-0.39, 0.29) is 11.2 Å². The Hall–Kier alpha value is 0.270. The van der Waals surface area contributed by atoms with Crippen LogP contribution in [0.2, 0.25) is 0 Å². The SMILES string of the molecule is CSN(C)C1CC(C)(C)OC1(C)C. The predicted molar refractivity (Wildman–Crippen MR) is 58.9 cm³/mol. The van der Waals surface area contributed by atoms with Gasteiger partial charge in [0, 0.05) is 0 Å². The average molecular weight is 203 g/mol. The van der Waals surface area contributed by atoms with Crippen LogP contribution in [0.1, 0.15) is 34.1 Å². The molecule has 3 heteroatoms. The van der Waals surface area contributed by atoms with Gasteiger partial charge in [-0.1, -0.05) is 11.9 Å². The van der Waals surface area contributed by atoms with Gasteiger partial charge in [0.2, 0.25) is 0 Å². The van der Waals surface area contributed by atoms with E-state index in [9.17, 15) is 0 Å². The second kappa shape index (κ2) is 3.44. The first-order valence-electron chi connectivity index (χ1n) is 4.75. The van der Waals surface area contributed by atoms with Gasteiger partial charge in [0.25, 0.3) is 0 Å². The molecule has 1 aliphatic heterocycles. The Morgan fingerprint density at radius 1 is 1.31 bits per heavy atom.